The molecule has 0 atom stereocenters. The standard InChI is InChI=1S/C21H22ClN3O6S2/c1-8-9(2)15(11(4)17(10(8)3)30-13(6)26)14-7-32-18(20(23)27)19(14)33(28,29)25-21-16(22)12(5)24-31-21/h7,25H,1-6H3,(H2,23,27). The number of hydrogen-bond acceptors (Lipinski definition) is 8. The zero-order chi connectivity index (χ0) is 24.8. The molecule has 9 nitrogen and oxygen atoms in total. The lowest BCUT2D eigenvalue weighted by Crippen LogP contribution is -2.19. The summed E-state index contributed by atoms with van der Waals surface area (Å²) >= 11 is 6.97. The van der Waals surface area contributed by atoms with E-state index in [2.05, 4.69) is 9.88 Å². The second-order valence-electron chi connectivity index (χ2n) is 7.49. The summed E-state index contributed by atoms with van der Waals surface area (Å²) in [6.45, 7) is 10.0. The van der Waals surface area contributed by atoms with Crippen molar-refractivity contribution in [2.45, 2.75) is 46.4 Å². The van der Waals surface area contributed by atoms with Crippen molar-refractivity contribution in [2.24, 2.45) is 5.73 Å². The predicted octanol–water partition coefficient (Wildman–Crippen LogP) is 4.42. The molecule has 0 unspecified atom stereocenters. The van der Waals surface area contributed by atoms with Gasteiger partial charge in [-0.05, 0) is 56.9 Å². The van der Waals surface area contributed by atoms with Gasteiger partial charge < -0.3 is 15.0 Å². The highest BCUT2D eigenvalue weighted by Crippen LogP contribution is 2.44. The number of sulfonamides is 1. The lowest BCUT2D eigenvalue weighted by atomic mass is 9.90. The maximum atomic E-state index is 13.4. The van der Waals surface area contributed by atoms with Crippen LogP contribution in [0.1, 0.15) is 44.5 Å². The molecule has 0 bridgehead atoms. The van der Waals surface area contributed by atoms with E-state index in [1.165, 1.54) is 12.3 Å². The van der Waals surface area contributed by atoms with Crippen molar-refractivity contribution >= 4 is 50.7 Å². The van der Waals surface area contributed by atoms with Gasteiger partial charge in [-0.1, -0.05) is 16.8 Å². The first kappa shape index (κ1) is 24.7. The summed E-state index contributed by atoms with van der Waals surface area (Å²) in [5, 5.41) is 5.16. The summed E-state index contributed by atoms with van der Waals surface area (Å²) < 4.78 is 39.5. The Balaban J connectivity index is 2.33. The number of carbonyl (C=O) groups excluding carboxylic acids is 2. The van der Waals surface area contributed by atoms with Gasteiger partial charge in [0.15, 0.2) is 0 Å². The molecule has 3 N–H and O–H groups in total. The van der Waals surface area contributed by atoms with Crippen molar-refractivity contribution in [1.82, 2.24) is 5.16 Å². The molecule has 176 valence electrons. The van der Waals surface area contributed by atoms with E-state index in [-0.39, 0.29) is 26.2 Å². The summed E-state index contributed by atoms with van der Waals surface area (Å²) in [5.74, 6) is -1.37. The molecule has 2 aromatic heterocycles. The number of primary amides is 1. The molecule has 0 fully saturated rings. The SMILES string of the molecule is CC(=O)Oc1c(C)c(C)c(C)c(-c2csc(C(N)=O)c2S(=O)(=O)Nc2onc(C)c2Cl)c1C. The van der Waals surface area contributed by atoms with Crippen LogP contribution in [0.5, 0.6) is 5.75 Å². The minimum atomic E-state index is -4.39. The third-order valence-corrected chi connectivity index (χ3v) is 8.31. The summed E-state index contributed by atoms with van der Waals surface area (Å²) in [6, 6.07) is 0. The predicted molar refractivity (Wildman–Crippen MR) is 126 cm³/mol. The molecule has 0 spiro atoms. The molecule has 1 aromatic carbocycles. The first-order valence-electron chi connectivity index (χ1n) is 9.62. The fourth-order valence-corrected chi connectivity index (χ4v) is 6.37. The maximum absolute atomic E-state index is 13.4. The monoisotopic (exact) mass is 511 g/mol. The topological polar surface area (TPSA) is 142 Å². The van der Waals surface area contributed by atoms with Crippen molar-refractivity contribution in [3.8, 4) is 16.9 Å². The minimum absolute atomic E-state index is 0.00772. The molecule has 0 radical (unpaired) electrons. The van der Waals surface area contributed by atoms with Crippen LogP contribution in [0.2, 0.25) is 5.02 Å². The van der Waals surface area contributed by atoms with Gasteiger partial charge in [-0.3, -0.25) is 9.59 Å². The quantitative estimate of drug-likeness (QED) is 0.368. The molecular formula is C21H22ClN3O6S2. The zero-order valence-corrected chi connectivity index (χ0v) is 21.1. The van der Waals surface area contributed by atoms with Gasteiger partial charge in [-0.25, -0.2) is 13.1 Å². The van der Waals surface area contributed by atoms with E-state index in [1.807, 2.05) is 20.8 Å². The summed E-state index contributed by atoms with van der Waals surface area (Å²) in [5.41, 5.74) is 9.42. The Morgan fingerprint density at radius 2 is 1.76 bits per heavy atom. The number of thiophene rings is 1. The van der Waals surface area contributed by atoms with Crippen molar-refractivity contribution in [3.63, 3.8) is 0 Å². The Labute approximate surface area is 199 Å². The Hall–Kier alpha value is -2.89. The number of rotatable bonds is 6. The fourth-order valence-electron chi connectivity index (χ4n) is 3.57. The summed E-state index contributed by atoms with van der Waals surface area (Å²) in [4.78, 5) is 23.4. The Kier molecular flexibility index (Phi) is 6.60. The lowest BCUT2D eigenvalue weighted by Gasteiger charge is -2.20. The van der Waals surface area contributed by atoms with Crippen molar-refractivity contribution in [1.29, 1.82) is 0 Å². The van der Waals surface area contributed by atoms with Crippen LogP contribution in [0.15, 0.2) is 14.8 Å². The number of aryl methyl sites for hydroxylation is 1. The van der Waals surface area contributed by atoms with Crippen LogP contribution in [-0.2, 0) is 14.8 Å². The van der Waals surface area contributed by atoms with Gasteiger partial charge >= 0.3 is 5.97 Å². The molecule has 0 aliphatic carbocycles. The molecule has 0 saturated carbocycles. The molecule has 2 heterocycles. The highest BCUT2D eigenvalue weighted by Gasteiger charge is 2.32. The van der Waals surface area contributed by atoms with Crippen molar-refractivity contribution < 1.29 is 27.3 Å². The van der Waals surface area contributed by atoms with Gasteiger partial charge in [0.05, 0.1) is 0 Å². The molecule has 1 amide bonds. The second kappa shape index (κ2) is 8.81. The molecular weight excluding hydrogens is 490 g/mol. The number of anilines is 1. The van der Waals surface area contributed by atoms with E-state index in [0.29, 0.717) is 22.6 Å². The third kappa shape index (κ3) is 4.35. The molecule has 3 aromatic rings. The highest BCUT2D eigenvalue weighted by molar-refractivity contribution is 7.93. The van der Waals surface area contributed by atoms with Crippen LogP contribution in [0.25, 0.3) is 11.1 Å². The van der Waals surface area contributed by atoms with Gasteiger partial charge in [-0.15, -0.1) is 11.3 Å². The van der Waals surface area contributed by atoms with Crippen LogP contribution < -0.4 is 15.2 Å². The summed E-state index contributed by atoms with van der Waals surface area (Å²) in [7, 11) is -4.39. The lowest BCUT2D eigenvalue weighted by molar-refractivity contribution is -0.131. The normalized spacial score (nSPS) is 11.5. The number of nitrogens with one attached hydrogen (secondary N) is 1. The van der Waals surface area contributed by atoms with Gasteiger partial charge in [0.1, 0.15) is 26.2 Å². The fraction of sp³-hybridized carbons (Fsp3) is 0.286. The molecule has 12 heteroatoms. The van der Waals surface area contributed by atoms with Gasteiger partial charge in [-0.2, -0.15) is 0 Å². The van der Waals surface area contributed by atoms with E-state index in [9.17, 15) is 18.0 Å². The number of halogens is 1. The van der Waals surface area contributed by atoms with Crippen LogP contribution in [0.3, 0.4) is 0 Å². The second-order valence-corrected chi connectivity index (χ2v) is 10.4. The van der Waals surface area contributed by atoms with Crippen LogP contribution in [-0.4, -0.2) is 25.5 Å². The Bertz CT molecular complexity index is 1410. The molecule has 33 heavy (non-hydrogen) atoms. The average molecular weight is 512 g/mol. The first-order valence-corrected chi connectivity index (χ1v) is 12.4. The van der Waals surface area contributed by atoms with E-state index < -0.39 is 21.9 Å². The number of aromatic nitrogens is 1. The summed E-state index contributed by atoms with van der Waals surface area (Å²) in [6.07, 6.45) is 0. The highest BCUT2D eigenvalue weighted by atomic mass is 35.5. The van der Waals surface area contributed by atoms with E-state index in [4.69, 9.17) is 26.6 Å². The first-order chi connectivity index (χ1) is 15.3. The van der Waals surface area contributed by atoms with Gasteiger partial charge in [0, 0.05) is 23.4 Å². The zero-order valence-electron chi connectivity index (χ0n) is 18.7. The number of amides is 1. The third-order valence-electron chi connectivity index (χ3n) is 5.33. The Morgan fingerprint density at radius 3 is 2.27 bits per heavy atom. The minimum Gasteiger partial charge on any atom is -0.426 e. The largest absolute Gasteiger partial charge is 0.426 e. The number of hydrogen-bond donors (Lipinski definition) is 2. The van der Waals surface area contributed by atoms with Crippen molar-refractivity contribution in [3.05, 3.63) is 43.2 Å². The van der Waals surface area contributed by atoms with Crippen molar-refractivity contribution in [2.75, 3.05) is 4.72 Å². The van der Waals surface area contributed by atoms with E-state index in [0.717, 1.165) is 28.0 Å². The van der Waals surface area contributed by atoms with Crippen LogP contribution in [0, 0.1) is 34.6 Å². The maximum Gasteiger partial charge on any atom is 0.308 e. The van der Waals surface area contributed by atoms with E-state index in [1.54, 1.807) is 13.8 Å². The molecule has 0 aliphatic heterocycles. The van der Waals surface area contributed by atoms with E-state index >= 15 is 0 Å². The average Bonchev–Trinajstić information content (AvgIpc) is 3.29. The number of nitrogens with zero attached hydrogens (tertiary/aromatic N) is 1. The van der Waals surface area contributed by atoms with Crippen LogP contribution >= 0.6 is 22.9 Å². The molecule has 0 saturated heterocycles. The molecule has 3 rings (SSSR count). The number of benzene rings is 1. The number of ether oxygens (including phenoxy) is 1. The number of carbonyl (C=O) groups is 2. The smallest absolute Gasteiger partial charge is 0.308 e. The number of nitrogens with two attached hydrogens (primary N) is 1. The number of esters is 1. The van der Waals surface area contributed by atoms with Crippen LogP contribution in [0.4, 0.5) is 5.88 Å². The van der Waals surface area contributed by atoms with Gasteiger partial charge in [0.25, 0.3) is 21.8 Å². The molecule has 0 aliphatic rings. The Morgan fingerprint density at radius 1 is 1.12 bits per heavy atom. The van der Waals surface area contributed by atoms with Gasteiger partial charge in [0.2, 0.25) is 0 Å².